The highest BCUT2D eigenvalue weighted by atomic mass is 35.5. The van der Waals surface area contributed by atoms with Crippen LogP contribution in [0.4, 0.5) is 0 Å². The molecule has 1 nitrogen and oxygen atoms in total. The van der Waals surface area contributed by atoms with E-state index >= 15 is 0 Å². The van der Waals surface area contributed by atoms with Crippen molar-refractivity contribution in [3.8, 4) is 0 Å². The summed E-state index contributed by atoms with van der Waals surface area (Å²) in [4.78, 5) is 4.51. The van der Waals surface area contributed by atoms with Crippen LogP contribution in [-0.4, -0.2) is 17.5 Å². The maximum atomic E-state index is 6.14. The maximum absolute atomic E-state index is 6.14. The van der Waals surface area contributed by atoms with Crippen molar-refractivity contribution in [2.45, 2.75) is 10.1 Å². The fourth-order valence-corrected chi connectivity index (χ4v) is 2.75. The van der Waals surface area contributed by atoms with Gasteiger partial charge in [0.1, 0.15) is 0 Å². The molecule has 98 valence electrons. The Hall–Kier alpha value is -0.900. The monoisotopic (exact) mass is 307 g/mol. The quantitative estimate of drug-likeness (QED) is 0.707. The molecule has 0 unspecified atom stereocenters. The molecule has 1 aromatic heterocycles. The summed E-state index contributed by atoms with van der Waals surface area (Å²) in [6, 6.07) is 12.0. The summed E-state index contributed by atoms with van der Waals surface area (Å²) in [6.45, 7) is 0. The van der Waals surface area contributed by atoms with E-state index in [0.29, 0.717) is 0 Å². The largest absolute Gasteiger partial charge is 0.235 e. The van der Waals surface area contributed by atoms with Gasteiger partial charge in [-0.2, -0.15) is 0 Å². The highest BCUT2D eigenvalue weighted by molar-refractivity contribution is 7.99. The van der Waals surface area contributed by atoms with Gasteiger partial charge < -0.3 is 0 Å². The molecule has 0 fully saturated rings. The van der Waals surface area contributed by atoms with E-state index < -0.39 is 0 Å². The highest BCUT2D eigenvalue weighted by Crippen LogP contribution is 2.23. The molecule has 0 N–H and O–H groups in total. The fourth-order valence-electron chi connectivity index (χ4n) is 1.60. The van der Waals surface area contributed by atoms with Crippen molar-refractivity contribution in [1.29, 1.82) is 0 Å². The predicted molar refractivity (Wildman–Crippen MR) is 88.2 cm³/mol. The third-order valence-corrected chi connectivity index (χ3v) is 4.18. The summed E-state index contributed by atoms with van der Waals surface area (Å²) < 4.78 is 0. The smallest absolute Gasteiger partial charge is 0.0976 e. The third kappa shape index (κ3) is 4.03. The van der Waals surface area contributed by atoms with Gasteiger partial charge in [-0.3, -0.25) is 0 Å². The summed E-state index contributed by atoms with van der Waals surface area (Å²) in [5.74, 6) is 0. The molecule has 2 rings (SSSR count). The van der Waals surface area contributed by atoms with Crippen LogP contribution in [0.15, 0.2) is 46.5 Å². The van der Waals surface area contributed by atoms with Crippen molar-refractivity contribution in [1.82, 2.24) is 4.98 Å². The molecule has 0 radical (unpaired) electrons. The Kier molecular flexibility index (Phi) is 5.37. The van der Waals surface area contributed by atoms with Gasteiger partial charge in [-0.05, 0) is 41.8 Å². The number of nitrogens with zero attached hydrogens (tertiary/aromatic N) is 1. The van der Waals surface area contributed by atoms with Gasteiger partial charge in [0.2, 0.25) is 0 Å². The number of aromatic nitrogens is 1. The molecule has 0 amide bonds. The zero-order chi connectivity index (χ0) is 13.7. The molecule has 1 aromatic carbocycles. The average Bonchev–Trinajstić information content (AvgIpc) is 2.46. The second kappa shape index (κ2) is 7.04. The second-order valence-corrected chi connectivity index (χ2v) is 5.90. The molecule has 19 heavy (non-hydrogen) atoms. The normalized spacial score (nSPS) is 11.1. The van der Waals surface area contributed by atoms with E-state index in [4.69, 9.17) is 11.6 Å². The van der Waals surface area contributed by atoms with Crippen LogP contribution in [0.2, 0.25) is 5.02 Å². The van der Waals surface area contributed by atoms with Crippen molar-refractivity contribution >= 4 is 47.3 Å². The van der Waals surface area contributed by atoms with E-state index in [9.17, 15) is 0 Å². The summed E-state index contributed by atoms with van der Waals surface area (Å²) in [5, 5.41) is 2.83. The Morgan fingerprint density at radius 2 is 1.63 bits per heavy atom. The minimum Gasteiger partial charge on any atom is -0.235 e. The van der Waals surface area contributed by atoms with Gasteiger partial charge in [-0.15, -0.1) is 23.5 Å². The minimum atomic E-state index is 0.767. The molecule has 0 aliphatic carbocycles. The minimum absolute atomic E-state index is 0.767. The zero-order valence-electron chi connectivity index (χ0n) is 10.8. The number of hydrogen-bond acceptors (Lipinski definition) is 3. The fraction of sp³-hybridized carbons (Fsp3) is 0.133. The first kappa shape index (κ1) is 14.5. The molecule has 0 aliphatic rings. The molecule has 0 aliphatic heterocycles. The first-order valence-corrected chi connectivity index (χ1v) is 8.58. The summed E-state index contributed by atoms with van der Waals surface area (Å²) in [5.41, 5.74) is 2.17. The van der Waals surface area contributed by atoms with Gasteiger partial charge in [0.05, 0.1) is 10.1 Å². The van der Waals surface area contributed by atoms with Crippen molar-refractivity contribution in [3.63, 3.8) is 0 Å². The van der Waals surface area contributed by atoms with Gasteiger partial charge in [0, 0.05) is 5.02 Å². The first-order chi connectivity index (χ1) is 9.22. The second-order valence-electron chi connectivity index (χ2n) is 3.84. The summed E-state index contributed by atoms with van der Waals surface area (Å²) in [7, 11) is 0. The van der Waals surface area contributed by atoms with E-state index in [1.165, 1.54) is 0 Å². The van der Waals surface area contributed by atoms with Crippen LogP contribution in [0.25, 0.3) is 12.2 Å². The van der Waals surface area contributed by atoms with Crippen LogP contribution in [0.5, 0.6) is 0 Å². The van der Waals surface area contributed by atoms with Crippen LogP contribution < -0.4 is 0 Å². The lowest BCUT2D eigenvalue weighted by Gasteiger charge is -2.03. The highest BCUT2D eigenvalue weighted by Gasteiger charge is 2.00. The lowest BCUT2D eigenvalue weighted by atomic mass is 10.1. The average molecular weight is 308 g/mol. The molecule has 0 saturated heterocycles. The standard InChI is InChI=1S/C15H14ClNS2/c1-18-14-9-11(10-15(17-14)19-2)7-8-12-5-3-4-6-13(12)16/h3-10H,1-2H3/b8-7+. The van der Waals surface area contributed by atoms with E-state index in [2.05, 4.69) is 23.2 Å². The summed E-state index contributed by atoms with van der Waals surface area (Å²) in [6.07, 6.45) is 8.18. The molecule has 0 spiro atoms. The van der Waals surface area contributed by atoms with Crippen molar-refractivity contribution in [2.75, 3.05) is 12.5 Å². The SMILES string of the molecule is CSc1cc(/C=C/c2ccccc2Cl)cc(SC)n1. The van der Waals surface area contributed by atoms with Crippen molar-refractivity contribution in [3.05, 3.63) is 52.5 Å². The van der Waals surface area contributed by atoms with Crippen LogP contribution in [0.3, 0.4) is 0 Å². The van der Waals surface area contributed by atoms with Crippen molar-refractivity contribution in [2.24, 2.45) is 0 Å². The molecule has 0 saturated carbocycles. The molecular weight excluding hydrogens is 294 g/mol. The van der Waals surface area contributed by atoms with Gasteiger partial charge in [-0.1, -0.05) is 42.0 Å². The van der Waals surface area contributed by atoms with Gasteiger partial charge >= 0.3 is 0 Å². The Bertz CT molecular complexity index is 574. The van der Waals surface area contributed by atoms with Gasteiger partial charge in [-0.25, -0.2) is 4.98 Å². The number of benzene rings is 1. The number of thioether (sulfide) groups is 2. The van der Waals surface area contributed by atoms with E-state index in [-0.39, 0.29) is 0 Å². The Morgan fingerprint density at radius 1 is 1.00 bits per heavy atom. The number of halogens is 1. The zero-order valence-corrected chi connectivity index (χ0v) is 13.1. The van der Waals surface area contributed by atoms with Crippen LogP contribution in [0, 0.1) is 0 Å². The third-order valence-electron chi connectivity index (χ3n) is 2.58. The number of pyridine rings is 1. The molecule has 2 aromatic rings. The van der Waals surface area contributed by atoms with Gasteiger partial charge in [0.25, 0.3) is 0 Å². The lowest BCUT2D eigenvalue weighted by Crippen LogP contribution is -1.85. The first-order valence-electron chi connectivity index (χ1n) is 5.75. The van der Waals surface area contributed by atoms with Gasteiger partial charge in [0.15, 0.2) is 0 Å². The molecule has 0 atom stereocenters. The Balaban J connectivity index is 2.30. The van der Waals surface area contributed by atoms with E-state index in [1.54, 1.807) is 23.5 Å². The number of hydrogen-bond donors (Lipinski definition) is 0. The summed E-state index contributed by atoms with van der Waals surface area (Å²) >= 11 is 9.44. The van der Waals surface area contributed by atoms with E-state index in [1.807, 2.05) is 42.9 Å². The predicted octanol–water partition coefficient (Wildman–Crippen LogP) is 5.35. The molecular formula is C15H14ClNS2. The Morgan fingerprint density at radius 3 is 2.21 bits per heavy atom. The Labute approximate surface area is 127 Å². The number of rotatable bonds is 4. The van der Waals surface area contributed by atoms with Crippen LogP contribution in [-0.2, 0) is 0 Å². The molecule has 1 heterocycles. The van der Waals surface area contributed by atoms with Crippen molar-refractivity contribution < 1.29 is 0 Å². The topological polar surface area (TPSA) is 12.9 Å². The van der Waals surface area contributed by atoms with E-state index in [0.717, 1.165) is 26.2 Å². The van der Waals surface area contributed by atoms with Crippen LogP contribution in [0.1, 0.15) is 11.1 Å². The molecule has 4 heteroatoms. The maximum Gasteiger partial charge on any atom is 0.0976 e. The van der Waals surface area contributed by atoms with Crippen LogP contribution >= 0.6 is 35.1 Å². The molecule has 0 bridgehead atoms. The lowest BCUT2D eigenvalue weighted by molar-refractivity contribution is 1.01.